The number of aliphatic hydroxyl groups is 1. The first-order chi connectivity index (χ1) is 10.5. The quantitative estimate of drug-likeness (QED) is 0.669. The highest BCUT2D eigenvalue weighted by atomic mass is 35.5. The fourth-order valence-corrected chi connectivity index (χ4v) is 1.99. The Kier molecular flexibility index (Phi) is 5.20. The second-order valence-corrected chi connectivity index (χ2v) is 5.74. The fourth-order valence-electron chi connectivity index (χ4n) is 1.86. The predicted octanol–water partition coefficient (Wildman–Crippen LogP) is 5.41. The molecule has 0 aromatic heterocycles. The van der Waals surface area contributed by atoms with Gasteiger partial charge < -0.3 is 5.11 Å². The molecule has 1 atom stereocenters. The maximum absolute atomic E-state index is 13.6. The van der Waals surface area contributed by atoms with Gasteiger partial charge in [-0.1, -0.05) is 23.7 Å². The van der Waals surface area contributed by atoms with Gasteiger partial charge in [-0.25, -0.2) is 0 Å². The Bertz CT molecular complexity index is 578. The molecule has 0 radical (unpaired) electrons. The molecule has 0 spiro atoms. The van der Waals surface area contributed by atoms with Crippen molar-refractivity contribution < 1.29 is 44.6 Å². The number of benzene rings is 1. The van der Waals surface area contributed by atoms with E-state index in [1.807, 2.05) is 0 Å². The van der Waals surface area contributed by atoms with Gasteiger partial charge in [0.15, 0.2) is 0 Å². The largest absolute Gasteiger partial charge is 0.460 e. The molecule has 0 heterocycles. The van der Waals surface area contributed by atoms with Gasteiger partial charge in [0, 0.05) is 5.02 Å². The van der Waals surface area contributed by atoms with Crippen molar-refractivity contribution >= 4 is 11.6 Å². The van der Waals surface area contributed by atoms with E-state index in [0.29, 0.717) is 6.92 Å². The van der Waals surface area contributed by atoms with Crippen LogP contribution >= 0.6 is 11.6 Å². The van der Waals surface area contributed by atoms with Crippen molar-refractivity contribution in [3.05, 3.63) is 34.9 Å². The highest BCUT2D eigenvalue weighted by Crippen LogP contribution is 2.55. The molecule has 1 N–H and O–H groups in total. The summed E-state index contributed by atoms with van der Waals surface area (Å²) in [6, 6.07) is 4.06. The third-order valence-electron chi connectivity index (χ3n) is 3.24. The lowest BCUT2D eigenvalue weighted by atomic mass is 9.86. The topological polar surface area (TPSA) is 20.2 Å². The summed E-state index contributed by atoms with van der Waals surface area (Å²) in [5, 5.41) is 9.95. The zero-order valence-electron chi connectivity index (χ0n) is 11.7. The van der Waals surface area contributed by atoms with Gasteiger partial charge in [0.1, 0.15) is 0 Å². The summed E-state index contributed by atoms with van der Waals surface area (Å²) >= 11 is 5.50. The van der Waals surface area contributed by atoms with Crippen LogP contribution in [-0.4, -0.2) is 29.1 Å². The molecule has 0 aliphatic heterocycles. The summed E-state index contributed by atoms with van der Waals surface area (Å²) < 4.78 is 115. The van der Waals surface area contributed by atoms with Crippen LogP contribution in [0.2, 0.25) is 5.02 Å². The van der Waals surface area contributed by atoms with Crippen LogP contribution in [0.4, 0.5) is 39.5 Å². The minimum absolute atomic E-state index is 0.0928. The van der Waals surface area contributed by atoms with Gasteiger partial charge in [-0.2, -0.15) is 39.5 Å². The van der Waals surface area contributed by atoms with Crippen LogP contribution in [0.25, 0.3) is 0 Å². The normalized spacial score (nSPS) is 16.8. The zero-order valence-corrected chi connectivity index (χ0v) is 12.5. The summed E-state index contributed by atoms with van der Waals surface area (Å²) in [7, 11) is 0. The average molecular weight is 389 g/mol. The first-order valence-corrected chi connectivity index (χ1v) is 6.52. The summed E-state index contributed by atoms with van der Waals surface area (Å²) in [5.74, 6) is -19.6. The monoisotopic (exact) mass is 388 g/mol. The Labute approximate surface area is 135 Å². The second kappa shape index (κ2) is 5.98. The number of hydrogen-bond acceptors (Lipinski definition) is 1. The average Bonchev–Trinajstić information content (AvgIpc) is 2.36. The number of alkyl halides is 9. The second-order valence-electron chi connectivity index (χ2n) is 5.31. The number of rotatable bonds is 5. The van der Waals surface area contributed by atoms with Crippen molar-refractivity contribution in [1.82, 2.24) is 0 Å². The van der Waals surface area contributed by atoms with E-state index in [1.54, 1.807) is 0 Å². The van der Waals surface area contributed by atoms with Crippen LogP contribution in [-0.2, 0) is 5.60 Å². The Hall–Kier alpha value is -1.16. The van der Waals surface area contributed by atoms with Crippen molar-refractivity contribution in [2.75, 3.05) is 0 Å². The molecule has 0 bridgehead atoms. The summed E-state index contributed by atoms with van der Waals surface area (Å²) in [6.07, 6.45) is -9.27. The first kappa shape index (κ1) is 20.9. The molecule has 0 amide bonds. The van der Waals surface area contributed by atoms with Gasteiger partial charge in [-0.05, 0) is 24.6 Å². The van der Waals surface area contributed by atoms with E-state index in [9.17, 15) is 44.6 Å². The van der Waals surface area contributed by atoms with E-state index in [4.69, 9.17) is 11.6 Å². The van der Waals surface area contributed by atoms with E-state index < -0.39 is 41.5 Å². The van der Waals surface area contributed by atoms with Crippen LogP contribution in [0, 0.1) is 0 Å². The number of halogens is 10. The Balaban J connectivity index is 3.21. The van der Waals surface area contributed by atoms with Gasteiger partial charge in [-0.3, -0.25) is 0 Å². The molecule has 0 aliphatic rings. The van der Waals surface area contributed by atoms with Gasteiger partial charge in [0.25, 0.3) is 0 Å². The minimum Gasteiger partial charge on any atom is -0.385 e. The Morgan fingerprint density at radius 3 is 1.62 bits per heavy atom. The first-order valence-electron chi connectivity index (χ1n) is 6.14. The molecule has 0 fully saturated rings. The maximum atomic E-state index is 13.6. The molecule has 0 aliphatic carbocycles. The van der Waals surface area contributed by atoms with E-state index in [-0.39, 0.29) is 5.02 Å². The van der Waals surface area contributed by atoms with E-state index in [1.165, 1.54) is 0 Å². The maximum Gasteiger partial charge on any atom is 0.460 e. The highest BCUT2D eigenvalue weighted by molar-refractivity contribution is 6.30. The lowest BCUT2D eigenvalue weighted by molar-refractivity contribution is -0.400. The molecule has 1 unspecified atom stereocenters. The van der Waals surface area contributed by atoms with Crippen LogP contribution in [0.5, 0.6) is 0 Å². The Morgan fingerprint density at radius 2 is 1.25 bits per heavy atom. The fraction of sp³-hybridized carbons (Fsp3) is 0.538. The zero-order chi connectivity index (χ0) is 19.2. The van der Waals surface area contributed by atoms with Crippen LogP contribution in [0.3, 0.4) is 0 Å². The van der Waals surface area contributed by atoms with Gasteiger partial charge in [0.2, 0.25) is 0 Å². The van der Waals surface area contributed by atoms with Crippen molar-refractivity contribution in [3.63, 3.8) is 0 Å². The van der Waals surface area contributed by atoms with Crippen LogP contribution < -0.4 is 0 Å². The number of hydrogen-bond donors (Lipinski definition) is 1. The highest BCUT2D eigenvalue weighted by Gasteiger charge is 2.81. The van der Waals surface area contributed by atoms with Crippen LogP contribution in [0.15, 0.2) is 24.3 Å². The van der Waals surface area contributed by atoms with Gasteiger partial charge in [0.05, 0.1) is 12.0 Å². The Morgan fingerprint density at radius 1 is 0.833 bits per heavy atom. The SMILES string of the molecule is CC(O)(CC(F)(F)C(F)(F)C(F)(F)C(F)(F)F)c1ccc(Cl)cc1. The van der Waals surface area contributed by atoms with Crippen molar-refractivity contribution in [3.8, 4) is 0 Å². The molecule has 11 heteroatoms. The minimum atomic E-state index is -6.99. The van der Waals surface area contributed by atoms with Crippen molar-refractivity contribution in [2.24, 2.45) is 0 Å². The smallest absolute Gasteiger partial charge is 0.385 e. The molecule has 1 nitrogen and oxygen atoms in total. The third-order valence-corrected chi connectivity index (χ3v) is 3.49. The molecular weight excluding hydrogens is 379 g/mol. The molecule has 0 saturated carbocycles. The van der Waals surface area contributed by atoms with Crippen molar-refractivity contribution in [1.29, 1.82) is 0 Å². The van der Waals surface area contributed by atoms with Gasteiger partial charge in [-0.15, -0.1) is 0 Å². The standard InChI is InChI=1S/C13H10ClF9O/c1-9(24,7-2-4-8(14)5-3-7)6-10(15,16)11(17,18)12(19,20)13(21,22)23/h2-5,24H,6H2,1H3. The summed E-state index contributed by atoms with van der Waals surface area (Å²) in [5.41, 5.74) is -3.24. The van der Waals surface area contributed by atoms with E-state index in [2.05, 4.69) is 0 Å². The molecule has 1 aromatic rings. The van der Waals surface area contributed by atoms with Gasteiger partial charge >= 0.3 is 23.9 Å². The summed E-state index contributed by atoms with van der Waals surface area (Å²) in [4.78, 5) is 0. The molecule has 1 aromatic carbocycles. The molecule has 138 valence electrons. The molecular formula is C13H10ClF9O. The van der Waals surface area contributed by atoms with Crippen LogP contribution in [0.1, 0.15) is 18.9 Å². The molecule has 24 heavy (non-hydrogen) atoms. The molecule has 0 saturated heterocycles. The van der Waals surface area contributed by atoms with E-state index >= 15 is 0 Å². The van der Waals surface area contributed by atoms with E-state index in [0.717, 1.165) is 24.3 Å². The third kappa shape index (κ3) is 3.58. The predicted molar refractivity (Wildman–Crippen MR) is 66.5 cm³/mol. The lowest BCUT2D eigenvalue weighted by Gasteiger charge is -2.37. The summed E-state index contributed by atoms with van der Waals surface area (Å²) in [6.45, 7) is 0.575. The lowest BCUT2D eigenvalue weighted by Crippen LogP contribution is -2.62. The van der Waals surface area contributed by atoms with Crippen molar-refractivity contribution in [2.45, 2.75) is 42.9 Å². The molecule has 1 rings (SSSR count).